The number of hydrogen-bond acceptors (Lipinski definition) is 2. The largest absolute Gasteiger partial charge is 0.309 e. The van der Waals surface area contributed by atoms with Gasteiger partial charge in [-0.3, -0.25) is 0 Å². The summed E-state index contributed by atoms with van der Waals surface area (Å²) in [6.07, 6.45) is 0. The fourth-order valence-corrected chi connectivity index (χ4v) is 18.0. The van der Waals surface area contributed by atoms with Crippen LogP contribution in [-0.4, -0.2) is 0 Å². The van der Waals surface area contributed by atoms with Crippen LogP contribution in [0.4, 0.5) is 34.1 Å². The van der Waals surface area contributed by atoms with E-state index in [1.54, 1.807) is 0 Å². The first kappa shape index (κ1) is 91.9. The molecular formula is C124H148N2. The smallest absolute Gasteiger partial charge is 0.0619 e. The van der Waals surface area contributed by atoms with E-state index >= 15 is 0 Å². The molecular weight excluding hydrogens is 1520 g/mol. The van der Waals surface area contributed by atoms with Crippen molar-refractivity contribution in [1.29, 1.82) is 0 Å². The summed E-state index contributed by atoms with van der Waals surface area (Å²) in [6.45, 7) is 85.3. The highest BCUT2D eigenvalue weighted by Crippen LogP contribution is 2.58. The van der Waals surface area contributed by atoms with Crippen molar-refractivity contribution in [2.75, 3.05) is 9.80 Å². The predicted molar refractivity (Wildman–Crippen MR) is 557 cm³/mol. The van der Waals surface area contributed by atoms with Crippen molar-refractivity contribution in [3.8, 4) is 55.6 Å². The molecule has 2 nitrogen and oxygen atoms in total. The molecule has 0 bridgehead atoms. The predicted octanol–water partition coefficient (Wildman–Crippen LogP) is 37.1. The highest BCUT2D eigenvalue weighted by Gasteiger charge is 2.36. The second kappa shape index (κ2) is 31.9. The van der Waals surface area contributed by atoms with Crippen LogP contribution in [0.15, 0.2) is 243 Å². The third-order valence-corrected chi connectivity index (χ3v) is 26.8. The molecule has 0 fully saturated rings. The molecule has 654 valence electrons. The van der Waals surface area contributed by atoms with Crippen molar-refractivity contribution >= 4 is 77.2 Å². The lowest BCUT2D eigenvalue weighted by Gasteiger charge is -2.36. The summed E-state index contributed by atoms with van der Waals surface area (Å²) >= 11 is 0. The Labute approximate surface area is 761 Å². The monoisotopic (exact) mass is 1670 g/mol. The van der Waals surface area contributed by atoms with Crippen LogP contribution in [0.1, 0.15) is 316 Å². The standard InChI is InChI=1S/C124H148N2/c1-113(2,3)85-49-37-77(38-50-85)81-47-59-103-105(61-81)109(101-57-45-83(79-41-53-87(54-42-79)115(7,8)9)63-107(101)111(103)125(97-69-89(117(13,14)15)65-90(70-97)118(16,17)18)98-71-91(119(19,20)21)66-92(72-98)120(22,23)24)110-102-58-46-84(80-43-55-88(56-44-80)116(10,11)12)64-108(102)112(104-60-48-82(62-106(104)110)78-39-51-86(52-40-78)114(4,5)6)126(99-73-93(121(25,26)27)67-94(74-99)122(28,29)30)100-75-95(123(31,32)33)68-96(76-100)124(34,35)36/h37-76H,1-36H3. The number of hydrogen-bond donors (Lipinski definition) is 0. The maximum Gasteiger partial charge on any atom is 0.0619 e. The van der Waals surface area contributed by atoms with Gasteiger partial charge in [-0.1, -0.05) is 419 Å². The summed E-state index contributed by atoms with van der Waals surface area (Å²) in [5.41, 5.74) is 32.3. The fraction of sp³-hybridized carbons (Fsp3) is 0.387. The Morgan fingerprint density at radius 2 is 0.278 bits per heavy atom. The van der Waals surface area contributed by atoms with E-state index in [-0.39, 0.29) is 65.0 Å². The van der Waals surface area contributed by atoms with E-state index in [0.29, 0.717) is 0 Å². The third kappa shape index (κ3) is 18.7. The van der Waals surface area contributed by atoms with Gasteiger partial charge in [0, 0.05) is 44.3 Å². The van der Waals surface area contributed by atoms with Crippen LogP contribution in [0.5, 0.6) is 0 Å². The van der Waals surface area contributed by atoms with Gasteiger partial charge in [0.05, 0.1) is 11.4 Å². The first-order chi connectivity index (χ1) is 58.0. The summed E-state index contributed by atoms with van der Waals surface area (Å²) in [4.78, 5) is 5.47. The Balaban J connectivity index is 1.30. The minimum atomic E-state index is -0.203. The van der Waals surface area contributed by atoms with Gasteiger partial charge < -0.3 is 9.80 Å². The zero-order chi connectivity index (χ0) is 92.2. The van der Waals surface area contributed by atoms with Crippen LogP contribution in [0.2, 0.25) is 0 Å². The lowest BCUT2D eigenvalue weighted by molar-refractivity contribution is 0.567. The van der Waals surface area contributed by atoms with Crippen LogP contribution >= 0.6 is 0 Å². The molecule has 2 heteroatoms. The zero-order valence-electron chi connectivity index (χ0n) is 84.0. The minimum absolute atomic E-state index is 0.0406. The van der Waals surface area contributed by atoms with Gasteiger partial charge in [0.25, 0.3) is 0 Å². The lowest BCUT2D eigenvalue weighted by atomic mass is 9.78. The molecule has 0 atom stereocenters. The Hall–Kier alpha value is -10.3. The fourth-order valence-electron chi connectivity index (χ4n) is 18.0. The molecule has 0 heterocycles. The molecule has 14 aromatic carbocycles. The summed E-state index contributed by atoms with van der Waals surface area (Å²) in [5, 5.41) is 9.30. The van der Waals surface area contributed by atoms with E-state index < -0.39 is 0 Å². The maximum absolute atomic E-state index is 2.73. The number of fused-ring (bicyclic) bond motifs is 4. The van der Waals surface area contributed by atoms with Gasteiger partial charge in [-0.25, -0.2) is 0 Å². The van der Waals surface area contributed by atoms with Gasteiger partial charge in [0.15, 0.2) is 0 Å². The van der Waals surface area contributed by atoms with Gasteiger partial charge in [-0.2, -0.15) is 0 Å². The van der Waals surface area contributed by atoms with Crippen LogP contribution < -0.4 is 9.80 Å². The van der Waals surface area contributed by atoms with E-state index in [4.69, 9.17) is 0 Å². The quantitative estimate of drug-likeness (QED) is 0.119. The minimum Gasteiger partial charge on any atom is -0.309 e. The van der Waals surface area contributed by atoms with E-state index in [0.717, 1.165) is 77.9 Å². The normalized spacial score (nSPS) is 13.4. The Kier molecular flexibility index (Phi) is 23.3. The molecule has 0 aliphatic rings. The molecule has 0 saturated heterocycles. The van der Waals surface area contributed by atoms with E-state index in [2.05, 4.69) is 502 Å². The summed E-state index contributed by atoms with van der Waals surface area (Å²) in [5.74, 6) is 0. The Morgan fingerprint density at radius 1 is 0.127 bits per heavy atom. The number of benzene rings is 14. The first-order valence-corrected chi connectivity index (χ1v) is 46.8. The van der Waals surface area contributed by atoms with Crippen molar-refractivity contribution in [2.24, 2.45) is 0 Å². The third-order valence-electron chi connectivity index (χ3n) is 26.8. The van der Waals surface area contributed by atoms with Gasteiger partial charge in [0.1, 0.15) is 0 Å². The first-order valence-electron chi connectivity index (χ1n) is 46.8. The van der Waals surface area contributed by atoms with E-state index in [1.807, 2.05) is 0 Å². The van der Waals surface area contributed by atoms with Crippen molar-refractivity contribution in [2.45, 2.75) is 314 Å². The van der Waals surface area contributed by atoms with Crippen LogP contribution in [0.3, 0.4) is 0 Å². The molecule has 0 N–H and O–H groups in total. The molecule has 0 aliphatic carbocycles. The molecule has 0 amide bonds. The van der Waals surface area contributed by atoms with Crippen molar-refractivity contribution in [1.82, 2.24) is 0 Å². The molecule has 0 spiro atoms. The van der Waals surface area contributed by atoms with Crippen LogP contribution in [-0.2, 0) is 65.0 Å². The Morgan fingerprint density at radius 3 is 0.444 bits per heavy atom. The number of nitrogens with zero attached hydrogens (tertiary/aromatic N) is 2. The number of anilines is 6. The van der Waals surface area contributed by atoms with Gasteiger partial charge in [-0.15, -0.1) is 0 Å². The van der Waals surface area contributed by atoms with Crippen LogP contribution in [0.25, 0.3) is 98.7 Å². The molecule has 14 rings (SSSR count). The van der Waals surface area contributed by atoms with Crippen molar-refractivity contribution in [3.05, 3.63) is 309 Å². The highest BCUT2D eigenvalue weighted by atomic mass is 15.2. The van der Waals surface area contributed by atoms with E-state index in [1.165, 1.54) is 122 Å². The van der Waals surface area contributed by atoms with Crippen molar-refractivity contribution in [3.63, 3.8) is 0 Å². The number of rotatable bonds is 11. The van der Waals surface area contributed by atoms with Gasteiger partial charge >= 0.3 is 0 Å². The SMILES string of the molecule is CC(C)(C)c1ccc(-c2ccc3c(N(c4cc(C(C)(C)C)cc(C(C)(C)C)c4)c4cc(C(C)(C)C)cc(C(C)(C)C)c4)c4cc(-c5ccc(C(C)(C)C)cc5)ccc4c(-c4c5cc(-c6ccc(C(C)(C)C)cc6)ccc5c(N(c5cc(C(C)(C)C)cc(C(C)(C)C)c5)c5cc(C(C)(C)C)cc(C(C)(C)C)c5)c5cc(-c6ccc(C(C)(C)C)cc6)ccc45)c3c2)cc1. The molecule has 0 radical (unpaired) electrons. The summed E-state index contributed by atoms with van der Waals surface area (Å²) in [7, 11) is 0. The molecule has 0 unspecified atom stereocenters. The van der Waals surface area contributed by atoms with Gasteiger partial charge in [-0.05, 0) is 282 Å². The van der Waals surface area contributed by atoms with Crippen LogP contribution in [0, 0.1) is 0 Å². The average molecular weight is 1670 g/mol. The van der Waals surface area contributed by atoms with Gasteiger partial charge in [0.2, 0.25) is 0 Å². The van der Waals surface area contributed by atoms with E-state index in [9.17, 15) is 0 Å². The highest BCUT2D eigenvalue weighted by molar-refractivity contribution is 6.32. The molecule has 0 aliphatic heterocycles. The molecule has 0 aromatic heterocycles. The topological polar surface area (TPSA) is 6.48 Å². The lowest BCUT2D eigenvalue weighted by Crippen LogP contribution is -2.21. The second-order valence-electron chi connectivity index (χ2n) is 49.5. The van der Waals surface area contributed by atoms with Crippen molar-refractivity contribution < 1.29 is 0 Å². The average Bonchev–Trinajstić information content (AvgIpc) is 0.695. The molecule has 126 heavy (non-hydrogen) atoms. The second-order valence-corrected chi connectivity index (χ2v) is 49.5. The summed E-state index contributed by atoms with van der Waals surface area (Å²) < 4.78 is 0. The molecule has 14 aromatic rings. The zero-order valence-corrected chi connectivity index (χ0v) is 84.0. The maximum atomic E-state index is 2.73. The molecule has 0 saturated carbocycles. The Bertz CT molecular complexity index is 5800. The summed E-state index contributed by atoms with van der Waals surface area (Å²) in [6, 6.07) is 98.6.